The highest BCUT2D eigenvalue weighted by Crippen LogP contribution is 2.17. The quantitative estimate of drug-likeness (QED) is 0.755. The van der Waals surface area contributed by atoms with Crippen molar-refractivity contribution in [1.82, 2.24) is 10.3 Å². The fraction of sp³-hybridized carbons (Fsp3) is 0.375. The Morgan fingerprint density at radius 2 is 2.67 bits per heavy atom. The second-order valence-corrected chi connectivity index (χ2v) is 4.07. The lowest BCUT2D eigenvalue weighted by Crippen LogP contribution is -2.23. The van der Waals surface area contributed by atoms with E-state index >= 15 is 0 Å². The molecule has 0 radical (unpaired) electrons. The Morgan fingerprint density at radius 3 is 3.17 bits per heavy atom. The maximum absolute atomic E-state index is 5.70. The summed E-state index contributed by atoms with van der Waals surface area (Å²) in [6.07, 6.45) is 6.83. The zero-order valence-electron chi connectivity index (χ0n) is 6.67. The molecule has 1 atom stereocenters. The predicted octanol–water partition coefficient (Wildman–Crippen LogP) is 1.91. The van der Waals surface area contributed by atoms with Crippen molar-refractivity contribution in [3.8, 4) is 12.3 Å². The Bertz CT molecular complexity index is 289. The maximum Gasteiger partial charge on any atom is 0.113 e. The van der Waals surface area contributed by atoms with E-state index in [0.29, 0.717) is 10.9 Å². The van der Waals surface area contributed by atoms with Gasteiger partial charge in [-0.25, -0.2) is 4.98 Å². The molecule has 1 aromatic heterocycles. The fourth-order valence-corrected chi connectivity index (χ4v) is 1.58. The van der Waals surface area contributed by atoms with Crippen molar-refractivity contribution >= 4 is 22.9 Å². The number of aromatic nitrogens is 1. The number of hydrogen-bond acceptors (Lipinski definition) is 3. The van der Waals surface area contributed by atoms with Gasteiger partial charge in [-0.3, -0.25) is 5.32 Å². The first kappa shape index (κ1) is 9.53. The van der Waals surface area contributed by atoms with Gasteiger partial charge in [0.15, 0.2) is 0 Å². The molecule has 1 rings (SSSR count). The van der Waals surface area contributed by atoms with Crippen LogP contribution in [0.3, 0.4) is 0 Å². The normalized spacial score (nSPS) is 12.4. The van der Waals surface area contributed by atoms with E-state index in [2.05, 4.69) is 16.2 Å². The van der Waals surface area contributed by atoms with E-state index in [4.69, 9.17) is 18.0 Å². The van der Waals surface area contributed by atoms with Crippen molar-refractivity contribution < 1.29 is 0 Å². The van der Waals surface area contributed by atoms with Crippen LogP contribution in [0.2, 0.25) is 4.34 Å². The second kappa shape index (κ2) is 4.46. The number of terminal acetylenes is 1. The number of halogens is 1. The minimum atomic E-state index is 0.0766. The molecule has 0 saturated heterocycles. The summed E-state index contributed by atoms with van der Waals surface area (Å²) in [5, 5.41) is 4.08. The molecule has 4 heteroatoms. The van der Waals surface area contributed by atoms with Crippen molar-refractivity contribution in [2.24, 2.45) is 0 Å². The van der Waals surface area contributed by atoms with Gasteiger partial charge in [-0.1, -0.05) is 17.5 Å². The minimum Gasteiger partial charge on any atom is -0.297 e. The number of thiazole rings is 1. The molecule has 0 aliphatic heterocycles. The van der Waals surface area contributed by atoms with Crippen LogP contribution in [0.4, 0.5) is 0 Å². The predicted molar refractivity (Wildman–Crippen MR) is 52.3 cm³/mol. The van der Waals surface area contributed by atoms with Crippen LogP contribution in [0, 0.1) is 12.3 Å². The van der Waals surface area contributed by atoms with Crippen molar-refractivity contribution in [1.29, 1.82) is 0 Å². The largest absolute Gasteiger partial charge is 0.297 e. The van der Waals surface area contributed by atoms with Crippen LogP contribution >= 0.6 is 22.9 Å². The summed E-state index contributed by atoms with van der Waals surface area (Å²) in [6.45, 7) is 2.61. The SMILES string of the molecule is C#CC(C)NCc1ncc(Cl)s1. The Labute approximate surface area is 81.0 Å². The average molecular weight is 201 g/mol. The lowest BCUT2D eigenvalue weighted by molar-refractivity contribution is 0.645. The maximum atomic E-state index is 5.70. The highest BCUT2D eigenvalue weighted by molar-refractivity contribution is 7.15. The molecule has 1 unspecified atom stereocenters. The molecule has 0 fully saturated rings. The highest BCUT2D eigenvalue weighted by atomic mass is 35.5. The first-order chi connectivity index (χ1) is 5.72. The van der Waals surface area contributed by atoms with Gasteiger partial charge >= 0.3 is 0 Å². The number of nitrogens with one attached hydrogen (secondary N) is 1. The zero-order chi connectivity index (χ0) is 8.97. The van der Waals surface area contributed by atoms with Crippen LogP contribution in [0.5, 0.6) is 0 Å². The third kappa shape index (κ3) is 2.82. The first-order valence-electron chi connectivity index (χ1n) is 3.52. The van der Waals surface area contributed by atoms with E-state index in [9.17, 15) is 0 Å². The van der Waals surface area contributed by atoms with Crippen LogP contribution in [0.1, 0.15) is 11.9 Å². The number of nitrogens with zero attached hydrogens (tertiary/aromatic N) is 1. The molecule has 0 bridgehead atoms. The summed E-state index contributed by atoms with van der Waals surface area (Å²) < 4.78 is 0.708. The molecule has 0 aromatic carbocycles. The Kier molecular flexibility index (Phi) is 3.54. The minimum absolute atomic E-state index is 0.0766. The molecule has 1 aromatic rings. The molecule has 0 aliphatic carbocycles. The Morgan fingerprint density at radius 1 is 1.92 bits per heavy atom. The summed E-state index contributed by atoms with van der Waals surface area (Å²) in [6, 6.07) is 0.0766. The fourth-order valence-electron chi connectivity index (χ4n) is 0.669. The molecule has 0 spiro atoms. The molecular weight excluding hydrogens is 192 g/mol. The molecular formula is C8H9ClN2S. The molecule has 0 aliphatic rings. The Hall–Kier alpha value is -0.560. The zero-order valence-corrected chi connectivity index (χ0v) is 8.25. The van der Waals surface area contributed by atoms with Gasteiger partial charge < -0.3 is 0 Å². The number of rotatable bonds is 3. The Balaban J connectivity index is 2.39. The lowest BCUT2D eigenvalue weighted by atomic mass is 10.3. The third-order valence-corrected chi connectivity index (χ3v) is 2.45. The third-order valence-electron chi connectivity index (χ3n) is 1.33. The average Bonchev–Trinajstić information content (AvgIpc) is 2.47. The van der Waals surface area contributed by atoms with E-state index in [1.165, 1.54) is 11.3 Å². The van der Waals surface area contributed by atoms with Crippen molar-refractivity contribution in [3.05, 3.63) is 15.5 Å². The molecule has 2 nitrogen and oxygen atoms in total. The summed E-state index contributed by atoms with van der Waals surface area (Å²) in [7, 11) is 0. The highest BCUT2D eigenvalue weighted by Gasteiger charge is 2.00. The van der Waals surface area contributed by atoms with Gasteiger partial charge in [-0.15, -0.1) is 17.8 Å². The van der Waals surface area contributed by atoms with E-state index in [1.807, 2.05) is 6.92 Å². The van der Waals surface area contributed by atoms with Gasteiger partial charge in [0.2, 0.25) is 0 Å². The van der Waals surface area contributed by atoms with E-state index in [0.717, 1.165) is 5.01 Å². The molecule has 0 saturated carbocycles. The van der Waals surface area contributed by atoms with Crippen molar-refractivity contribution in [2.45, 2.75) is 19.5 Å². The van der Waals surface area contributed by atoms with Crippen molar-refractivity contribution in [3.63, 3.8) is 0 Å². The van der Waals surface area contributed by atoms with Gasteiger partial charge in [0, 0.05) is 6.54 Å². The molecule has 64 valence electrons. The monoisotopic (exact) mass is 200 g/mol. The summed E-state index contributed by atoms with van der Waals surface area (Å²) >= 11 is 7.16. The van der Waals surface area contributed by atoms with E-state index in [-0.39, 0.29) is 6.04 Å². The van der Waals surface area contributed by atoms with Gasteiger partial charge in [0.1, 0.15) is 9.34 Å². The van der Waals surface area contributed by atoms with Crippen LogP contribution in [0.25, 0.3) is 0 Å². The topological polar surface area (TPSA) is 24.9 Å². The van der Waals surface area contributed by atoms with Crippen LogP contribution in [-0.2, 0) is 6.54 Å². The van der Waals surface area contributed by atoms with Crippen LogP contribution in [0.15, 0.2) is 6.20 Å². The van der Waals surface area contributed by atoms with Gasteiger partial charge in [0.25, 0.3) is 0 Å². The lowest BCUT2D eigenvalue weighted by Gasteiger charge is -2.03. The molecule has 12 heavy (non-hydrogen) atoms. The van der Waals surface area contributed by atoms with Crippen molar-refractivity contribution in [2.75, 3.05) is 0 Å². The number of hydrogen-bond donors (Lipinski definition) is 1. The smallest absolute Gasteiger partial charge is 0.113 e. The van der Waals surface area contributed by atoms with E-state index in [1.54, 1.807) is 6.20 Å². The summed E-state index contributed by atoms with van der Waals surface area (Å²) in [5.41, 5.74) is 0. The van der Waals surface area contributed by atoms with Gasteiger partial charge in [-0.2, -0.15) is 0 Å². The molecule has 1 N–H and O–H groups in total. The molecule has 1 heterocycles. The van der Waals surface area contributed by atoms with Crippen LogP contribution < -0.4 is 5.32 Å². The van der Waals surface area contributed by atoms with Gasteiger partial charge in [0.05, 0.1) is 12.2 Å². The molecule has 0 amide bonds. The van der Waals surface area contributed by atoms with Crippen LogP contribution in [-0.4, -0.2) is 11.0 Å². The van der Waals surface area contributed by atoms with E-state index < -0.39 is 0 Å². The summed E-state index contributed by atoms with van der Waals surface area (Å²) in [5.74, 6) is 2.57. The standard InChI is InChI=1S/C8H9ClN2S/c1-3-6(2)10-5-8-11-4-7(9)12-8/h1,4,6,10H,5H2,2H3. The summed E-state index contributed by atoms with van der Waals surface area (Å²) in [4.78, 5) is 4.08. The second-order valence-electron chi connectivity index (χ2n) is 2.33. The first-order valence-corrected chi connectivity index (χ1v) is 4.71. The van der Waals surface area contributed by atoms with Gasteiger partial charge in [-0.05, 0) is 6.92 Å².